The minimum Gasteiger partial charge on any atom is -0.368 e. The number of hydrogen-bond donors (Lipinski definition) is 1. The highest BCUT2D eigenvalue weighted by molar-refractivity contribution is 6.16. The molecule has 0 aromatic heterocycles. The van der Waals surface area contributed by atoms with Crippen molar-refractivity contribution in [3.8, 4) is 0 Å². The van der Waals surface area contributed by atoms with Crippen LogP contribution in [-0.2, 0) is 19.1 Å². The fourth-order valence-corrected chi connectivity index (χ4v) is 2.74. The minimum absolute atomic E-state index is 0.157. The number of imide groups is 1. The van der Waals surface area contributed by atoms with Crippen LogP contribution in [0.1, 0.15) is 32.1 Å². The van der Waals surface area contributed by atoms with Gasteiger partial charge in [-0.25, -0.2) is 0 Å². The SMILES string of the molecule is O=C(Nc1ccc(N2C(=O)CCCC2=O)cc1)[C@@H]1CCCO1. The van der Waals surface area contributed by atoms with E-state index in [0.717, 1.165) is 12.8 Å². The molecule has 1 aromatic carbocycles. The van der Waals surface area contributed by atoms with Gasteiger partial charge in [0.15, 0.2) is 0 Å². The van der Waals surface area contributed by atoms with Gasteiger partial charge in [0.2, 0.25) is 11.8 Å². The summed E-state index contributed by atoms with van der Waals surface area (Å²) >= 11 is 0. The van der Waals surface area contributed by atoms with Crippen LogP contribution in [0.5, 0.6) is 0 Å². The van der Waals surface area contributed by atoms with Gasteiger partial charge in [-0.3, -0.25) is 19.3 Å². The van der Waals surface area contributed by atoms with Gasteiger partial charge in [0.25, 0.3) is 5.91 Å². The maximum Gasteiger partial charge on any atom is 0.253 e. The fraction of sp³-hybridized carbons (Fsp3) is 0.438. The van der Waals surface area contributed by atoms with Crippen molar-refractivity contribution in [1.82, 2.24) is 0 Å². The molecule has 22 heavy (non-hydrogen) atoms. The van der Waals surface area contributed by atoms with Gasteiger partial charge in [0.05, 0.1) is 5.69 Å². The maximum absolute atomic E-state index is 12.0. The molecule has 2 aliphatic rings. The van der Waals surface area contributed by atoms with Crippen LogP contribution in [0.15, 0.2) is 24.3 Å². The van der Waals surface area contributed by atoms with Gasteiger partial charge in [-0.1, -0.05) is 0 Å². The van der Waals surface area contributed by atoms with E-state index in [9.17, 15) is 14.4 Å². The second-order valence-corrected chi connectivity index (χ2v) is 5.51. The molecule has 1 N–H and O–H groups in total. The van der Waals surface area contributed by atoms with Gasteiger partial charge < -0.3 is 10.1 Å². The van der Waals surface area contributed by atoms with Crippen LogP contribution in [-0.4, -0.2) is 30.4 Å². The molecule has 6 heteroatoms. The molecule has 0 radical (unpaired) electrons. The Morgan fingerprint density at radius 2 is 1.77 bits per heavy atom. The Morgan fingerprint density at radius 3 is 2.36 bits per heavy atom. The molecule has 1 aromatic rings. The van der Waals surface area contributed by atoms with Crippen molar-refractivity contribution in [3.63, 3.8) is 0 Å². The molecule has 0 bridgehead atoms. The van der Waals surface area contributed by atoms with Crippen molar-refractivity contribution < 1.29 is 19.1 Å². The van der Waals surface area contributed by atoms with E-state index >= 15 is 0 Å². The Hall–Kier alpha value is -2.21. The number of nitrogens with zero attached hydrogens (tertiary/aromatic N) is 1. The molecule has 3 amide bonds. The van der Waals surface area contributed by atoms with Crippen LogP contribution < -0.4 is 10.2 Å². The molecule has 0 spiro atoms. The summed E-state index contributed by atoms with van der Waals surface area (Å²) in [5.74, 6) is -0.504. The number of rotatable bonds is 3. The summed E-state index contributed by atoms with van der Waals surface area (Å²) in [6, 6.07) is 6.73. The average Bonchev–Trinajstić information content (AvgIpc) is 3.03. The first-order valence-electron chi connectivity index (χ1n) is 7.53. The molecular weight excluding hydrogens is 284 g/mol. The molecular formula is C16H18N2O4. The van der Waals surface area contributed by atoms with Gasteiger partial charge >= 0.3 is 0 Å². The molecule has 1 atom stereocenters. The van der Waals surface area contributed by atoms with E-state index in [2.05, 4.69) is 5.32 Å². The summed E-state index contributed by atoms with van der Waals surface area (Å²) in [4.78, 5) is 36.9. The first-order chi connectivity index (χ1) is 10.6. The number of carbonyl (C=O) groups excluding carboxylic acids is 3. The zero-order chi connectivity index (χ0) is 15.5. The molecule has 2 heterocycles. The van der Waals surface area contributed by atoms with E-state index in [1.807, 2.05) is 0 Å². The van der Waals surface area contributed by atoms with Crippen LogP contribution >= 0.6 is 0 Å². The predicted molar refractivity (Wildman–Crippen MR) is 80.4 cm³/mol. The van der Waals surface area contributed by atoms with Crippen molar-refractivity contribution in [1.29, 1.82) is 0 Å². The number of amides is 3. The molecule has 0 unspecified atom stereocenters. The zero-order valence-electron chi connectivity index (χ0n) is 12.2. The Labute approximate surface area is 128 Å². The minimum atomic E-state index is -0.384. The Kier molecular flexibility index (Phi) is 4.20. The Morgan fingerprint density at radius 1 is 1.09 bits per heavy atom. The first kappa shape index (κ1) is 14.7. The molecule has 3 rings (SSSR count). The normalized spacial score (nSPS) is 22.0. The molecule has 2 saturated heterocycles. The summed E-state index contributed by atoms with van der Waals surface area (Å²) in [6.07, 6.45) is 2.65. The van der Waals surface area contributed by atoms with Crippen LogP contribution in [0.2, 0.25) is 0 Å². The lowest BCUT2D eigenvalue weighted by Gasteiger charge is -2.25. The Bertz CT molecular complexity index is 575. The monoisotopic (exact) mass is 302 g/mol. The quantitative estimate of drug-likeness (QED) is 0.865. The standard InChI is InChI=1S/C16H18N2O4/c19-14-4-1-5-15(20)18(14)12-8-6-11(7-9-12)17-16(21)13-3-2-10-22-13/h6-9,13H,1-5,10H2,(H,17,21)/t13-/m0/s1. The molecule has 2 aliphatic heterocycles. The summed E-state index contributed by atoms with van der Waals surface area (Å²) < 4.78 is 5.32. The lowest BCUT2D eigenvalue weighted by Crippen LogP contribution is -2.40. The lowest BCUT2D eigenvalue weighted by atomic mass is 10.1. The predicted octanol–water partition coefficient (Wildman–Crippen LogP) is 1.85. The van der Waals surface area contributed by atoms with E-state index in [1.54, 1.807) is 24.3 Å². The third kappa shape index (κ3) is 3.01. The van der Waals surface area contributed by atoms with Crippen molar-refractivity contribution in [3.05, 3.63) is 24.3 Å². The second kappa shape index (κ2) is 6.27. The van der Waals surface area contributed by atoms with Crippen molar-refractivity contribution in [2.45, 2.75) is 38.2 Å². The number of anilines is 2. The Balaban J connectivity index is 1.68. The van der Waals surface area contributed by atoms with Crippen molar-refractivity contribution >= 4 is 29.1 Å². The van der Waals surface area contributed by atoms with E-state index in [4.69, 9.17) is 4.74 Å². The topological polar surface area (TPSA) is 75.7 Å². The summed E-state index contributed by atoms with van der Waals surface area (Å²) in [5, 5.41) is 2.78. The molecule has 6 nitrogen and oxygen atoms in total. The van der Waals surface area contributed by atoms with E-state index in [-0.39, 0.29) is 23.8 Å². The highest BCUT2D eigenvalue weighted by Gasteiger charge is 2.27. The third-order valence-electron chi connectivity index (χ3n) is 3.90. The molecule has 0 aliphatic carbocycles. The van der Waals surface area contributed by atoms with Gasteiger partial charge in [0, 0.05) is 25.1 Å². The molecule has 2 fully saturated rings. The number of benzene rings is 1. The number of hydrogen-bond acceptors (Lipinski definition) is 4. The third-order valence-corrected chi connectivity index (χ3v) is 3.90. The van der Waals surface area contributed by atoms with Crippen molar-refractivity contribution in [2.75, 3.05) is 16.8 Å². The highest BCUT2D eigenvalue weighted by atomic mass is 16.5. The number of piperidine rings is 1. The van der Waals surface area contributed by atoms with Gasteiger partial charge in [0.1, 0.15) is 6.10 Å². The van der Waals surface area contributed by atoms with Crippen LogP contribution in [0.3, 0.4) is 0 Å². The zero-order valence-corrected chi connectivity index (χ0v) is 12.2. The van der Waals surface area contributed by atoms with E-state index in [1.165, 1.54) is 4.90 Å². The number of ether oxygens (including phenoxy) is 1. The van der Waals surface area contributed by atoms with E-state index in [0.29, 0.717) is 37.2 Å². The lowest BCUT2D eigenvalue weighted by molar-refractivity contribution is -0.129. The van der Waals surface area contributed by atoms with Crippen LogP contribution in [0, 0.1) is 0 Å². The second-order valence-electron chi connectivity index (χ2n) is 5.51. The maximum atomic E-state index is 12.0. The first-order valence-corrected chi connectivity index (χ1v) is 7.53. The smallest absolute Gasteiger partial charge is 0.253 e. The molecule has 0 saturated carbocycles. The van der Waals surface area contributed by atoms with Gasteiger partial charge in [-0.15, -0.1) is 0 Å². The van der Waals surface area contributed by atoms with Crippen LogP contribution in [0.4, 0.5) is 11.4 Å². The van der Waals surface area contributed by atoms with E-state index < -0.39 is 0 Å². The van der Waals surface area contributed by atoms with Gasteiger partial charge in [-0.2, -0.15) is 0 Å². The summed E-state index contributed by atoms with van der Waals surface area (Å²) in [5.41, 5.74) is 1.17. The number of nitrogens with one attached hydrogen (secondary N) is 1. The average molecular weight is 302 g/mol. The molecule has 116 valence electrons. The number of carbonyl (C=O) groups is 3. The van der Waals surface area contributed by atoms with Crippen molar-refractivity contribution in [2.24, 2.45) is 0 Å². The highest BCUT2D eigenvalue weighted by Crippen LogP contribution is 2.24. The largest absolute Gasteiger partial charge is 0.368 e. The van der Waals surface area contributed by atoms with Crippen LogP contribution in [0.25, 0.3) is 0 Å². The fourth-order valence-electron chi connectivity index (χ4n) is 2.74. The summed E-state index contributed by atoms with van der Waals surface area (Å²) in [6.45, 7) is 0.621. The summed E-state index contributed by atoms with van der Waals surface area (Å²) in [7, 11) is 0. The van der Waals surface area contributed by atoms with Gasteiger partial charge in [-0.05, 0) is 43.5 Å².